The summed E-state index contributed by atoms with van der Waals surface area (Å²) < 4.78 is 11.6. The third kappa shape index (κ3) is 6.13. The van der Waals surface area contributed by atoms with Crippen LogP contribution < -0.4 is 14.8 Å². The number of aliphatic carboxylic acids is 1. The first-order chi connectivity index (χ1) is 13.4. The molecule has 0 heterocycles. The summed E-state index contributed by atoms with van der Waals surface area (Å²) in [5.41, 5.74) is 1.54. The maximum absolute atomic E-state index is 12.2. The summed E-state index contributed by atoms with van der Waals surface area (Å²) in [5.74, 6) is -0.465. The van der Waals surface area contributed by atoms with Crippen LogP contribution in [0.1, 0.15) is 18.1 Å². The van der Waals surface area contributed by atoms with Crippen molar-refractivity contribution in [2.75, 3.05) is 13.7 Å². The molecule has 0 bridgehead atoms. The van der Waals surface area contributed by atoms with Crippen molar-refractivity contribution in [1.29, 1.82) is 0 Å². The Morgan fingerprint density at radius 3 is 2.57 bits per heavy atom. The Bertz CT molecular complexity index is 851. The molecule has 2 rings (SSSR count). The van der Waals surface area contributed by atoms with Crippen LogP contribution in [0.2, 0.25) is 0 Å². The maximum Gasteiger partial charge on any atom is 0.326 e. The predicted molar refractivity (Wildman–Crippen MR) is 111 cm³/mol. The quantitative estimate of drug-likeness (QED) is 0.572. The first kappa shape index (κ1) is 21.5. The number of carboxylic acids is 1. The summed E-state index contributed by atoms with van der Waals surface area (Å²) in [6.45, 7) is 2.36. The van der Waals surface area contributed by atoms with E-state index >= 15 is 0 Å². The molecule has 0 saturated heterocycles. The minimum Gasteiger partial charge on any atom is -0.493 e. The lowest BCUT2D eigenvalue weighted by molar-refractivity contribution is -0.141. The Hall–Kier alpha value is -2.80. The Labute approximate surface area is 172 Å². The number of rotatable bonds is 9. The van der Waals surface area contributed by atoms with E-state index in [4.69, 9.17) is 9.47 Å². The summed E-state index contributed by atoms with van der Waals surface area (Å²) in [4.78, 5) is 23.7. The summed E-state index contributed by atoms with van der Waals surface area (Å²) in [7, 11) is 1.53. The van der Waals surface area contributed by atoms with Crippen LogP contribution in [0.5, 0.6) is 11.5 Å². The van der Waals surface area contributed by atoms with Crippen molar-refractivity contribution in [3.63, 3.8) is 0 Å². The number of nitrogens with one attached hydrogen (secondary N) is 1. The van der Waals surface area contributed by atoms with Crippen molar-refractivity contribution in [3.8, 4) is 11.5 Å². The molecule has 28 heavy (non-hydrogen) atoms. The Kier molecular flexibility index (Phi) is 8.07. The lowest BCUT2D eigenvalue weighted by Crippen LogP contribution is -2.41. The fourth-order valence-corrected chi connectivity index (χ4v) is 3.14. The van der Waals surface area contributed by atoms with Gasteiger partial charge in [0.2, 0.25) is 5.91 Å². The van der Waals surface area contributed by atoms with E-state index < -0.39 is 17.9 Å². The number of hydrogen-bond acceptors (Lipinski definition) is 4. The summed E-state index contributed by atoms with van der Waals surface area (Å²) in [6.07, 6.45) is 3.08. The second-order valence-corrected chi connectivity index (χ2v) is 6.74. The van der Waals surface area contributed by atoms with Crippen LogP contribution in [-0.4, -0.2) is 36.7 Å². The van der Waals surface area contributed by atoms with Gasteiger partial charge in [-0.15, -0.1) is 0 Å². The van der Waals surface area contributed by atoms with E-state index in [0.717, 1.165) is 5.56 Å². The van der Waals surface area contributed by atoms with Crippen molar-refractivity contribution < 1.29 is 24.2 Å². The first-order valence-corrected chi connectivity index (χ1v) is 9.49. The highest BCUT2D eigenvalue weighted by atomic mass is 79.9. The van der Waals surface area contributed by atoms with Gasteiger partial charge in [0.25, 0.3) is 0 Å². The second kappa shape index (κ2) is 10.5. The fraction of sp³-hybridized carbons (Fsp3) is 0.238. The maximum atomic E-state index is 12.2. The lowest BCUT2D eigenvalue weighted by Gasteiger charge is -2.13. The number of methoxy groups -OCH3 is 1. The topological polar surface area (TPSA) is 84.9 Å². The molecule has 0 fully saturated rings. The van der Waals surface area contributed by atoms with Crippen LogP contribution in [0, 0.1) is 0 Å². The van der Waals surface area contributed by atoms with Crippen LogP contribution in [-0.2, 0) is 16.0 Å². The number of hydrogen-bond donors (Lipinski definition) is 2. The van der Waals surface area contributed by atoms with Crippen molar-refractivity contribution in [3.05, 3.63) is 64.1 Å². The average molecular weight is 448 g/mol. The number of ether oxygens (including phenoxy) is 2. The molecule has 0 aliphatic rings. The van der Waals surface area contributed by atoms with Crippen LogP contribution in [0.15, 0.2) is 53.0 Å². The van der Waals surface area contributed by atoms with Gasteiger partial charge < -0.3 is 19.9 Å². The van der Waals surface area contributed by atoms with Crippen LogP contribution in [0.3, 0.4) is 0 Å². The number of carbonyl (C=O) groups excluding carboxylic acids is 1. The van der Waals surface area contributed by atoms with Crippen molar-refractivity contribution in [1.82, 2.24) is 5.32 Å². The van der Waals surface area contributed by atoms with Gasteiger partial charge in [-0.2, -0.15) is 0 Å². The largest absolute Gasteiger partial charge is 0.493 e. The van der Waals surface area contributed by atoms with Crippen molar-refractivity contribution in [2.24, 2.45) is 0 Å². The smallest absolute Gasteiger partial charge is 0.326 e. The van der Waals surface area contributed by atoms with Gasteiger partial charge in [0.05, 0.1) is 18.2 Å². The van der Waals surface area contributed by atoms with Crippen molar-refractivity contribution >= 4 is 33.9 Å². The summed E-state index contributed by atoms with van der Waals surface area (Å²) in [5, 5.41) is 11.9. The molecule has 0 aromatic heterocycles. The molecule has 1 amide bonds. The van der Waals surface area contributed by atoms with Crippen molar-refractivity contribution in [2.45, 2.75) is 19.4 Å². The fourth-order valence-electron chi connectivity index (χ4n) is 2.56. The van der Waals surface area contributed by atoms with E-state index in [9.17, 15) is 14.7 Å². The molecule has 2 aromatic rings. The Balaban J connectivity index is 2.09. The zero-order valence-electron chi connectivity index (χ0n) is 15.6. The monoisotopic (exact) mass is 447 g/mol. The van der Waals surface area contributed by atoms with E-state index in [1.54, 1.807) is 18.2 Å². The molecule has 0 aliphatic heterocycles. The molecule has 6 nitrogen and oxygen atoms in total. The van der Waals surface area contributed by atoms with Gasteiger partial charge in [0.15, 0.2) is 11.5 Å². The minimum absolute atomic E-state index is 0.207. The molecule has 2 aromatic carbocycles. The highest BCUT2D eigenvalue weighted by Gasteiger charge is 2.19. The van der Waals surface area contributed by atoms with Gasteiger partial charge in [-0.05, 0) is 52.2 Å². The number of carboxylic acid groups (broad SMARTS) is 1. The highest BCUT2D eigenvalue weighted by Crippen LogP contribution is 2.36. The number of amides is 1. The molecule has 2 N–H and O–H groups in total. The van der Waals surface area contributed by atoms with E-state index in [-0.39, 0.29) is 6.42 Å². The molecule has 0 aliphatic carbocycles. The molecule has 7 heteroatoms. The number of benzene rings is 2. The highest BCUT2D eigenvalue weighted by molar-refractivity contribution is 9.10. The molecule has 0 saturated carbocycles. The van der Waals surface area contributed by atoms with E-state index in [1.165, 1.54) is 13.2 Å². The molecule has 1 atom stereocenters. The summed E-state index contributed by atoms with van der Waals surface area (Å²) >= 11 is 3.43. The molecule has 148 valence electrons. The Morgan fingerprint density at radius 2 is 1.96 bits per heavy atom. The van der Waals surface area contributed by atoms with Crippen LogP contribution in [0.25, 0.3) is 6.08 Å². The van der Waals surface area contributed by atoms with E-state index in [0.29, 0.717) is 28.1 Å². The van der Waals surface area contributed by atoms with Gasteiger partial charge in [-0.1, -0.05) is 30.3 Å². The van der Waals surface area contributed by atoms with Crippen LogP contribution >= 0.6 is 15.9 Å². The zero-order valence-corrected chi connectivity index (χ0v) is 17.2. The normalized spacial score (nSPS) is 11.8. The van der Waals surface area contributed by atoms with E-state index in [1.807, 2.05) is 37.3 Å². The molecule has 0 radical (unpaired) electrons. The third-order valence-corrected chi connectivity index (χ3v) is 4.45. The number of carbonyl (C=O) groups is 2. The molecular formula is C21H22BrNO5. The molecular weight excluding hydrogens is 426 g/mol. The predicted octanol–water partition coefficient (Wildman–Crippen LogP) is 3.68. The molecule has 0 spiro atoms. The second-order valence-electron chi connectivity index (χ2n) is 5.89. The van der Waals surface area contributed by atoms with Gasteiger partial charge in [-0.25, -0.2) is 4.79 Å². The Morgan fingerprint density at radius 1 is 1.25 bits per heavy atom. The number of halogens is 1. The first-order valence-electron chi connectivity index (χ1n) is 8.70. The molecule has 1 unspecified atom stereocenters. The zero-order chi connectivity index (χ0) is 20.5. The van der Waals surface area contributed by atoms with E-state index in [2.05, 4.69) is 21.2 Å². The van der Waals surface area contributed by atoms with Gasteiger partial charge >= 0.3 is 5.97 Å². The SMILES string of the molecule is CCOc1c(Br)cc(/C=C/C(=O)NC(Cc2ccccc2)C(=O)O)cc1OC. The summed E-state index contributed by atoms with van der Waals surface area (Å²) in [6, 6.07) is 11.7. The standard InChI is InChI=1S/C21H22BrNO5/c1-3-28-20-16(22)11-15(13-18(20)27-2)9-10-19(24)23-17(21(25)26)12-14-7-5-4-6-8-14/h4-11,13,17H,3,12H2,1-2H3,(H,23,24)(H,25,26)/b10-9+. The van der Waals surface area contributed by atoms with Gasteiger partial charge in [-0.3, -0.25) is 4.79 Å². The average Bonchev–Trinajstić information content (AvgIpc) is 2.68. The van der Waals surface area contributed by atoms with Gasteiger partial charge in [0, 0.05) is 12.5 Å². The minimum atomic E-state index is -1.09. The third-order valence-electron chi connectivity index (χ3n) is 3.86. The van der Waals surface area contributed by atoms with Gasteiger partial charge in [0.1, 0.15) is 6.04 Å². The van der Waals surface area contributed by atoms with Crippen LogP contribution in [0.4, 0.5) is 0 Å². The lowest BCUT2D eigenvalue weighted by atomic mass is 10.1.